The van der Waals surface area contributed by atoms with Crippen molar-refractivity contribution >= 4 is 5.71 Å². The van der Waals surface area contributed by atoms with Gasteiger partial charge in [0.25, 0.3) is 0 Å². The lowest BCUT2D eigenvalue weighted by atomic mass is 10.1. The number of oxime groups is 1. The Morgan fingerprint density at radius 3 is 1.88 bits per heavy atom. The van der Waals surface area contributed by atoms with Crippen LogP contribution in [0.25, 0.3) is 0 Å². The van der Waals surface area contributed by atoms with E-state index in [0.717, 1.165) is 0 Å². The predicted molar refractivity (Wildman–Crippen MR) is 60.1 cm³/mol. The number of ether oxygens (including phenoxy) is 3. The molecule has 1 aromatic carbocycles. The van der Waals surface area contributed by atoms with Gasteiger partial charge in [-0.3, -0.25) is 0 Å². The van der Waals surface area contributed by atoms with Crippen LogP contribution < -0.4 is 14.2 Å². The second-order valence-corrected chi connectivity index (χ2v) is 3.10. The average molecular weight is 225 g/mol. The summed E-state index contributed by atoms with van der Waals surface area (Å²) in [7, 11) is 4.60. The fourth-order valence-electron chi connectivity index (χ4n) is 1.35. The van der Waals surface area contributed by atoms with Gasteiger partial charge in [-0.2, -0.15) is 0 Å². The van der Waals surface area contributed by atoms with Crippen LogP contribution in [0.5, 0.6) is 17.2 Å². The SMILES string of the molecule is COc1cc(/C(C)=N/O)cc(OC)c1OC. The number of hydrogen-bond acceptors (Lipinski definition) is 5. The first-order valence-corrected chi connectivity index (χ1v) is 4.67. The van der Waals surface area contributed by atoms with Crippen molar-refractivity contribution in [2.75, 3.05) is 21.3 Å². The molecule has 0 bridgehead atoms. The molecule has 1 rings (SSSR count). The molecular weight excluding hydrogens is 210 g/mol. The van der Waals surface area contributed by atoms with Crippen LogP contribution in [0.4, 0.5) is 0 Å². The molecule has 0 aromatic heterocycles. The summed E-state index contributed by atoms with van der Waals surface area (Å²) in [5, 5.41) is 11.8. The van der Waals surface area contributed by atoms with E-state index >= 15 is 0 Å². The number of nitrogens with zero attached hydrogens (tertiary/aromatic N) is 1. The molecule has 16 heavy (non-hydrogen) atoms. The van der Waals surface area contributed by atoms with Crippen LogP contribution in [0.2, 0.25) is 0 Å². The molecule has 0 aliphatic heterocycles. The van der Waals surface area contributed by atoms with Gasteiger partial charge in [-0.25, -0.2) is 0 Å². The first kappa shape index (κ1) is 12.2. The highest BCUT2D eigenvalue weighted by Crippen LogP contribution is 2.38. The third-order valence-corrected chi connectivity index (χ3v) is 2.23. The van der Waals surface area contributed by atoms with E-state index in [-0.39, 0.29) is 0 Å². The van der Waals surface area contributed by atoms with Crippen LogP contribution in [0.15, 0.2) is 17.3 Å². The number of rotatable bonds is 4. The Labute approximate surface area is 94.2 Å². The molecule has 0 saturated carbocycles. The second kappa shape index (κ2) is 5.25. The maximum atomic E-state index is 8.72. The quantitative estimate of drug-likeness (QED) is 0.483. The van der Waals surface area contributed by atoms with Crippen molar-refractivity contribution in [1.29, 1.82) is 0 Å². The highest BCUT2D eigenvalue weighted by atomic mass is 16.5. The normalized spacial score (nSPS) is 11.1. The van der Waals surface area contributed by atoms with E-state index in [0.29, 0.717) is 28.5 Å². The summed E-state index contributed by atoms with van der Waals surface area (Å²) >= 11 is 0. The molecule has 0 heterocycles. The van der Waals surface area contributed by atoms with E-state index in [2.05, 4.69) is 5.16 Å². The Hall–Kier alpha value is -1.91. The second-order valence-electron chi connectivity index (χ2n) is 3.10. The third kappa shape index (κ3) is 2.18. The molecule has 1 N–H and O–H groups in total. The van der Waals surface area contributed by atoms with Crippen LogP contribution >= 0.6 is 0 Å². The lowest BCUT2D eigenvalue weighted by Gasteiger charge is -2.13. The van der Waals surface area contributed by atoms with E-state index in [9.17, 15) is 0 Å². The molecule has 5 heteroatoms. The predicted octanol–water partition coefficient (Wildman–Crippen LogP) is 1.91. The molecular formula is C11H15NO4. The Kier molecular flexibility index (Phi) is 3.99. The first-order chi connectivity index (χ1) is 7.67. The van der Waals surface area contributed by atoms with Crippen molar-refractivity contribution in [2.45, 2.75) is 6.92 Å². The van der Waals surface area contributed by atoms with E-state index < -0.39 is 0 Å². The molecule has 0 atom stereocenters. The summed E-state index contributed by atoms with van der Waals surface area (Å²) in [6.07, 6.45) is 0. The Morgan fingerprint density at radius 2 is 1.56 bits per heavy atom. The van der Waals surface area contributed by atoms with Gasteiger partial charge in [-0.1, -0.05) is 5.16 Å². The molecule has 0 radical (unpaired) electrons. The van der Waals surface area contributed by atoms with E-state index in [1.165, 1.54) is 21.3 Å². The number of hydrogen-bond donors (Lipinski definition) is 1. The third-order valence-electron chi connectivity index (χ3n) is 2.23. The van der Waals surface area contributed by atoms with Crippen LogP contribution in [-0.4, -0.2) is 32.2 Å². The highest BCUT2D eigenvalue weighted by molar-refractivity contribution is 5.99. The van der Waals surface area contributed by atoms with E-state index in [1.54, 1.807) is 19.1 Å². The van der Waals surface area contributed by atoms with Gasteiger partial charge in [0.2, 0.25) is 5.75 Å². The maximum absolute atomic E-state index is 8.72. The van der Waals surface area contributed by atoms with Crippen molar-refractivity contribution in [3.8, 4) is 17.2 Å². The zero-order chi connectivity index (χ0) is 12.1. The van der Waals surface area contributed by atoms with Gasteiger partial charge in [0.1, 0.15) is 0 Å². The summed E-state index contributed by atoms with van der Waals surface area (Å²) in [5.74, 6) is 1.57. The molecule has 0 spiro atoms. The van der Waals surface area contributed by atoms with Gasteiger partial charge in [0.15, 0.2) is 11.5 Å². The Balaban J connectivity index is 3.37. The maximum Gasteiger partial charge on any atom is 0.203 e. The molecule has 0 aliphatic carbocycles. The van der Waals surface area contributed by atoms with Crippen LogP contribution in [0.1, 0.15) is 12.5 Å². The van der Waals surface area contributed by atoms with Gasteiger partial charge in [-0.15, -0.1) is 0 Å². The Morgan fingerprint density at radius 1 is 1.06 bits per heavy atom. The summed E-state index contributed by atoms with van der Waals surface area (Å²) in [4.78, 5) is 0. The molecule has 0 saturated heterocycles. The molecule has 0 unspecified atom stereocenters. The van der Waals surface area contributed by atoms with Gasteiger partial charge < -0.3 is 19.4 Å². The minimum Gasteiger partial charge on any atom is -0.493 e. The summed E-state index contributed by atoms with van der Waals surface area (Å²) in [6, 6.07) is 3.44. The minimum absolute atomic E-state index is 0.472. The molecule has 5 nitrogen and oxygen atoms in total. The van der Waals surface area contributed by atoms with Crippen molar-refractivity contribution in [3.05, 3.63) is 17.7 Å². The zero-order valence-electron chi connectivity index (χ0n) is 9.77. The molecule has 0 fully saturated rings. The highest BCUT2D eigenvalue weighted by Gasteiger charge is 2.14. The lowest BCUT2D eigenvalue weighted by Crippen LogP contribution is -2.00. The largest absolute Gasteiger partial charge is 0.493 e. The van der Waals surface area contributed by atoms with Crippen LogP contribution in [0.3, 0.4) is 0 Å². The van der Waals surface area contributed by atoms with Crippen molar-refractivity contribution in [1.82, 2.24) is 0 Å². The fraction of sp³-hybridized carbons (Fsp3) is 0.364. The monoisotopic (exact) mass is 225 g/mol. The smallest absolute Gasteiger partial charge is 0.203 e. The summed E-state index contributed by atoms with van der Waals surface area (Å²) < 4.78 is 15.5. The molecule has 88 valence electrons. The van der Waals surface area contributed by atoms with Crippen LogP contribution in [-0.2, 0) is 0 Å². The Bertz CT molecular complexity index is 376. The minimum atomic E-state index is 0.472. The topological polar surface area (TPSA) is 60.3 Å². The van der Waals surface area contributed by atoms with Gasteiger partial charge in [0, 0.05) is 5.56 Å². The van der Waals surface area contributed by atoms with Crippen molar-refractivity contribution < 1.29 is 19.4 Å². The van der Waals surface area contributed by atoms with Gasteiger partial charge in [0.05, 0.1) is 27.0 Å². The van der Waals surface area contributed by atoms with E-state index in [4.69, 9.17) is 19.4 Å². The zero-order valence-corrected chi connectivity index (χ0v) is 9.77. The van der Waals surface area contributed by atoms with Gasteiger partial charge >= 0.3 is 0 Å². The molecule has 0 aliphatic rings. The summed E-state index contributed by atoms with van der Waals surface area (Å²) in [6.45, 7) is 1.68. The number of benzene rings is 1. The average Bonchev–Trinajstić information content (AvgIpc) is 2.35. The van der Waals surface area contributed by atoms with E-state index in [1.807, 2.05) is 0 Å². The van der Waals surface area contributed by atoms with Crippen molar-refractivity contribution in [2.24, 2.45) is 5.16 Å². The molecule has 1 aromatic rings. The van der Waals surface area contributed by atoms with Gasteiger partial charge in [-0.05, 0) is 19.1 Å². The first-order valence-electron chi connectivity index (χ1n) is 4.67. The molecule has 0 amide bonds. The standard InChI is InChI=1S/C11H15NO4/c1-7(12-13)8-5-9(14-2)11(16-4)10(6-8)15-3/h5-6,13H,1-4H3/b12-7+. The van der Waals surface area contributed by atoms with Crippen LogP contribution in [0, 0.1) is 0 Å². The fourth-order valence-corrected chi connectivity index (χ4v) is 1.35. The van der Waals surface area contributed by atoms with Crippen molar-refractivity contribution in [3.63, 3.8) is 0 Å². The lowest BCUT2D eigenvalue weighted by molar-refractivity contribution is 0.318. The number of methoxy groups -OCH3 is 3. The summed E-state index contributed by atoms with van der Waals surface area (Å²) in [5.41, 5.74) is 1.18.